The standard InChI is InChI=1S/C53H84N6O11/c1-34(2)45(55-51(67)53(7,8)56-41(60)27-19-14-20-30-59-42(61)28-29-43(59)62)49(65)57(9)46(37-24-17-13-18-25-37)40(68-10)33-44(63)58-31-21-26-39(58)47(69-11)35(3)48(64)54-38(50(66)70-52(4,5)6)32-36-22-15-12-16-23-36/h12,15-16,22-23,28-29,34-35,37-40,45-47,51,55,67H,13-14,17-21,24-27,30-33H2,1-11H3,(H,54,64)(H,56,60). The van der Waals surface area contributed by atoms with Crippen LogP contribution < -0.4 is 16.0 Å². The molecule has 1 saturated carbocycles. The lowest BCUT2D eigenvalue weighted by molar-refractivity contribution is -0.159. The number of aliphatic hydroxyl groups is 1. The first-order valence-electron chi connectivity index (χ1n) is 25.5. The molecular formula is C53H84N6O11. The number of hydrogen-bond acceptors (Lipinski definition) is 12. The molecule has 70 heavy (non-hydrogen) atoms. The molecule has 8 unspecified atom stereocenters. The molecule has 392 valence electrons. The Morgan fingerprint density at radius 3 is 2.09 bits per heavy atom. The van der Waals surface area contributed by atoms with E-state index in [2.05, 4.69) is 16.0 Å². The zero-order valence-electron chi connectivity index (χ0n) is 43.8. The van der Waals surface area contributed by atoms with E-state index in [0.717, 1.165) is 37.7 Å². The number of esters is 1. The number of likely N-dealkylation sites (N-methyl/N-ethyl adjacent to an activating group) is 1. The van der Waals surface area contributed by atoms with Gasteiger partial charge in [-0.3, -0.25) is 39.0 Å². The quantitative estimate of drug-likeness (QED) is 0.0426. The van der Waals surface area contributed by atoms with E-state index in [0.29, 0.717) is 38.6 Å². The Balaban J connectivity index is 1.44. The van der Waals surface area contributed by atoms with Crippen LogP contribution in [-0.4, -0.2) is 149 Å². The molecule has 4 N–H and O–H groups in total. The highest BCUT2D eigenvalue weighted by atomic mass is 16.6. The van der Waals surface area contributed by atoms with Gasteiger partial charge in [0.2, 0.25) is 23.6 Å². The summed E-state index contributed by atoms with van der Waals surface area (Å²) < 4.78 is 17.9. The zero-order valence-corrected chi connectivity index (χ0v) is 43.8. The third kappa shape index (κ3) is 16.4. The summed E-state index contributed by atoms with van der Waals surface area (Å²) in [6.07, 6.45) is 7.95. The van der Waals surface area contributed by atoms with Gasteiger partial charge in [0.1, 0.15) is 17.9 Å². The maximum Gasteiger partial charge on any atom is 0.329 e. The molecule has 2 fully saturated rings. The van der Waals surface area contributed by atoms with Crippen LogP contribution in [-0.2, 0) is 54.2 Å². The molecule has 4 rings (SSSR count). The number of imide groups is 1. The van der Waals surface area contributed by atoms with Crippen molar-refractivity contribution >= 4 is 41.4 Å². The van der Waals surface area contributed by atoms with E-state index in [-0.39, 0.29) is 67.2 Å². The summed E-state index contributed by atoms with van der Waals surface area (Å²) in [5.41, 5.74) is -1.07. The molecule has 2 heterocycles. The lowest BCUT2D eigenvalue weighted by Gasteiger charge is -2.43. The summed E-state index contributed by atoms with van der Waals surface area (Å²) in [5.74, 6) is -3.32. The highest BCUT2D eigenvalue weighted by Crippen LogP contribution is 2.34. The molecule has 0 bridgehead atoms. The number of nitrogens with one attached hydrogen (secondary N) is 3. The van der Waals surface area contributed by atoms with Gasteiger partial charge >= 0.3 is 5.97 Å². The van der Waals surface area contributed by atoms with Crippen molar-refractivity contribution in [2.75, 3.05) is 34.4 Å². The lowest BCUT2D eigenvalue weighted by atomic mass is 9.80. The minimum atomic E-state index is -1.31. The van der Waals surface area contributed by atoms with Crippen LogP contribution >= 0.6 is 0 Å². The summed E-state index contributed by atoms with van der Waals surface area (Å²) in [5, 5.41) is 20.5. The second kappa shape index (κ2) is 26.7. The van der Waals surface area contributed by atoms with Crippen LogP contribution in [0.3, 0.4) is 0 Å². The predicted octanol–water partition coefficient (Wildman–Crippen LogP) is 4.82. The number of ether oxygens (including phenoxy) is 3. The van der Waals surface area contributed by atoms with Crippen molar-refractivity contribution < 1.29 is 52.9 Å². The second-order valence-electron chi connectivity index (χ2n) is 21.4. The largest absolute Gasteiger partial charge is 0.458 e. The van der Waals surface area contributed by atoms with Crippen molar-refractivity contribution in [3.8, 4) is 0 Å². The molecule has 1 aliphatic carbocycles. The molecule has 0 radical (unpaired) electrons. The van der Waals surface area contributed by atoms with E-state index < -0.39 is 71.5 Å². The van der Waals surface area contributed by atoms with Crippen molar-refractivity contribution in [3.05, 3.63) is 48.0 Å². The fourth-order valence-electron chi connectivity index (χ4n) is 10.2. The number of nitrogens with zero attached hydrogens (tertiary/aromatic N) is 3. The number of benzene rings is 1. The van der Waals surface area contributed by atoms with Gasteiger partial charge < -0.3 is 39.8 Å². The van der Waals surface area contributed by atoms with E-state index in [1.165, 1.54) is 24.2 Å². The van der Waals surface area contributed by atoms with E-state index in [1.807, 2.05) is 44.2 Å². The van der Waals surface area contributed by atoms with Gasteiger partial charge in [-0.25, -0.2) is 4.79 Å². The fraction of sp³-hybridized carbons (Fsp3) is 0.717. The Kier molecular flexibility index (Phi) is 22.0. The number of methoxy groups -OCH3 is 2. The van der Waals surface area contributed by atoms with Crippen LogP contribution in [0, 0.1) is 17.8 Å². The zero-order chi connectivity index (χ0) is 51.9. The van der Waals surface area contributed by atoms with Crippen LogP contribution in [0.25, 0.3) is 0 Å². The van der Waals surface area contributed by atoms with E-state index >= 15 is 0 Å². The fourth-order valence-corrected chi connectivity index (χ4v) is 10.2. The molecule has 1 aromatic rings. The Labute approximate surface area is 416 Å². The minimum absolute atomic E-state index is 0.0201. The summed E-state index contributed by atoms with van der Waals surface area (Å²) >= 11 is 0. The molecule has 6 amide bonds. The average molecular weight is 981 g/mol. The van der Waals surface area contributed by atoms with Crippen LogP contribution in [0.2, 0.25) is 0 Å². The first kappa shape index (κ1) is 57.9. The summed E-state index contributed by atoms with van der Waals surface area (Å²) in [7, 11) is 4.83. The third-order valence-electron chi connectivity index (χ3n) is 14.1. The van der Waals surface area contributed by atoms with Crippen molar-refractivity contribution in [1.82, 2.24) is 30.7 Å². The monoisotopic (exact) mass is 981 g/mol. The second-order valence-corrected chi connectivity index (χ2v) is 21.4. The first-order chi connectivity index (χ1) is 33.0. The summed E-state index contributed by atoms with van der Waals surface area (Å²) in [6, 6.07) is 6.68. The van der Waals surface area contributed by atoms with Gasteiger partial charge in [-0.1, -0.05) is 76.8 Å². The summed E-state index contributed by atoms with van der Waals surface area (Å²) in [4.78, 5) is 98.2. The molecule has 1 aromatic carbocycles. The SMILES string of the molecule is COC(CC(=O)N1CCCC1C(OC)C(C)C(=O)NC(Cc1ccccc1)C(=O)OC(C)(C)C)C(C1CCCCC1)N(C)C(=O)C(NC(O)C(C)(C)NC(=O)CCCCCN1C(=O)C=CC1=O)C(C)C. The molecule has 3 aliphatic rings. The van der Waals surface area contributed by atoms with Gasteiger partial charge in [0.25, 0.3) is 11.8 Å². The first-order valence-corrected chi connectivity index (χ1v) is 25.5. The lowest BCUT2D eigenvalue weighted by Crippen LogP contribution is -2.64. The average Bonchev–Trinajstić information content (AvgIpc) is 3.92. The van der Waals surface area contributed by atoms with Gasteiger partial charge in [-0.2, -0.15) is 0 Å². The maximum atomic E-state index is 14.7. The van der Waals surface area contributed by atoms with E-state index in [9.17, 15) is 38.7 Å². The highest BCUT2D eigenvalue weighted by molar-refractivity contribution is 6.12. The molecular weight excluding hydrogens is 897 g/mol. The highest BCUT2D eigenvalue weighted by Gasteiger charge is 2.45. The number of amides is 6. The van der Waals surface area contributed by atoms with Gasteiger partial charge in [0.15, 0.2) is 0 Å². The number of carbonyl (C=O) groups excluding carboxylic acids is 7. The Hall–Kier alpha value is -4.71. The predicted molar refractivity (Wildman–Crippen MR) is 265 cm³/mol. The molecule has 17 heteroatoms. The molecule has 0 aromatic heterocycles. The van der Waals surface area contributed by atoms with Crippen molar-refractivity contribution in [3.63, 3.8) is 0 Å². The maximum absolute atomic E-state index is 14.7. The Bertz CT molecular complexity index is 1930. The minimum Gasteiger partial charge on any atom is -0.458 e. The van der Waals surface area contributed by atoms with Crippen molar-refractivity contribution in [2.24, 2.45) is 17.8 Å². The van der Waals surface area contributed by atoms with Crippen molar-refractivity contribution in [2.45, 2.75) is 193 Å². The van der Waals surface area contributed by atoms with Crippen LogP contribution in [0.15, 0.2) is 42.5 Å². The molecule has 17 nitrogen and oxygen atoms in total. The van der Waals surface area contributed by atoms with Gasteiger partial charge in [0.05, 0.1) is 48.2 Å². The van der Waals surface area contributed by atoms with Gasteiger partial charge in [-0.15, -0.1) is 0 Å². The number of carbonyl (C=O) groups is 7. The molecule has 1 saturated heterocycles. The van der Waals surface area contributed by atoms with E-state index in [1.54, 1.807) is 65.5 Å². The van der Waals surface area contributed by atoms with Crippen molar-refractivity contribution in [1.29, 1.82) is 0 Å². The molecule has 0 spiro atoms. The van der Waals surface area contributed by atoms with Gasteiger partial charge in [0, 0.05) is 59.4 Å². The molecule has 2 aliphatic heterocycles. The Morgan fingerprint density at radius 2 is 1.50 bits per heavy atom. The van der Waals surface area contributed by atoms with E-state index in [4.69, 9.17) is 14.2 Å². The van der Waals surface area contributed by atoms with Crippen LogP contribution in [0.1, 0.15) is 138 Å². The number of unbranched alkanes of at least 4 members (excludes halogenated alkanes) is 2. The molecule has 8 atom stereocenters. The normalized spacial score (nSPS) is 19.9. The number of hydrogen-bond donors (Lipinski definition) is 4. The topological polar surface area (TPSA) is 213 Å². The summed E-state index contributed by atoms with van der Waals surface area (Å²) in [6.45, 7) is 15.0. The Morgan fingerprint density at radius 1 is 0.857 bits per heavy atom. The van der Waals surface area contributed by atoms with Gasteiger partial charge in [-0.05, 0) is 90.5 Å². The number of likely N-dealkylation sites (tertiary alicyclic amines) is 1. The van der Waals surface area contributed by atoms with Crippen LogP contribution in [0.5, 0.6) is 0 Å². The van der Waals surface area contributed by atoms with Crippen LogP contribution in [0.4, 0.5) is 0 Å². The number of aliphatic hydroxyl groups excluding tert-OH is 1. The smallest absolute Gasteiger partial charge is 0.329 e. The number of rotatable bonds is 26. The third-order valence-corrected chi connectivity index (χ3v) is 14.1.